The standard InChI is InChI=1S/C17H30N2O3/c1-18(17(20)12-22-11-13-6-7-13)15-4-3-5-16(15)19-9-8-14(10-19)21-2/h13-16H,3-12H2,1-2H3/t14?,15-,16+/m1/s1. The molecule has 0 radical (unpaired) electrons. The van der Waals surface area contributed by atoms with Gasteiger partial charge in [0, 0.05) is 39.3 Å². The Balaban J connectivity index is 1.49. The van der Waals surface area contributed by atoms with Crippen molar-refractivity contribution < 1.29 is 14.3 Å². The van der Waals surface area contributed by atoms with Gasteiger partial charge in [-0.05, 0) is 44.4 Å². The summed E-state index contributed by atoms with van der Waals surface area (Å²) < 4.78 is 11.1. The van der Waals surface area contributed by atoms with Gasteiger partial charge in [-0.15, -0.1) is 0 Å². The SMILES string of the molecule is COC1CCN([C@H]2CCC[C@H]2N(C)C(=O)COCC2CC2)C1. The molecule has 3 fully saturated rings. The minimum Gasteiger partial charge on any atom is -0.380 e. The topological polar surface area (TPSA) is 42.0 Å². The van der Waals surface area contributed by atoms with E-state index >= 15 is 0 Å². The second kappa shape index (κ2) is 7.28. The van der Waals surface area contributed by atoms with E-state index in [1.165, 1.54) is 25.7 Å². The maximum Gasteiger partial charge on any atom is 0.248 e. The molecular formula is C17H30N2O3. The molecule has 1 unspecified atom stereocenters. The van der Waals surface area contributed by atoms with Crippen LogP contribution in [0.5, 0.6) is 0 Å². The van der Waals surface area contributed by atoms with Crippen molar-refractivity contribution in [2.24, 2.45) is 5.92 Å². The van der Waals surface area contributed by atoms with Crippen LogP contribution in [0.1, 0.15) is 38.5 Å². The number of amides is 1. The van der Waals surface area contributed by atoms with Crippen LogP contribution in [0.25, 0.3) is 0 Å². The molecule has 1 aliphatic heterocycles. The summed E-state index contributed by atoms with van der Waals surface area (Å²) in [4.78, 5) is 16.8. The minimum atomic E-state index is 0.139. The number of hydrogen-bond donors (Lipinski definition) is 0. The van der Waals surface area contributed by atoms with Crippen molar-refractivity contribution in [1.29, 1.82) is 0 Å². The quantitative estimate of drug-likeness (QED) is 0.715. The van der Waals surface area contributed by atoms with Crippen LogP contribution >= 0.6 is 0 Å². The normalized spacial score (nSPS) is 32.5. The van der Waals surface area contributed by atoms with Crippen molar-refractivity contribution in [3.63, 3.8) is 0 Å². The average Bonchev–Trinajstić information content (AvgIpc) is 3.05. The van der Waals surface area contributed by atoms with E-state index in [0.717, 1.165) is 32.5 Å². The van der Waals surface area contributed by atoms with Gasteiger partial charge in [-0.2, -0.15) is 0 Å². The van der Waals surface area contributed by atoms with Crippen LogP contribution in [-0.2, 0) is 14.3 Å². The molecule has 1 amide bonds. The summed E-state index contributed by atoms with van der Waals surface area (Å²) >= 11 is 0. The molecule has 5 heteroatoms. The Bertz CT molecular complexity index is 386. The summed E-state index contributed by atoms with van der Waals surface area (Å²) in [6.45, 7) is 3.12. The maximum absolute atomic E-state index is 12.4. The van der Waals surface area contributed by atoms with Crippen LogP contribution in [0.4, 0.5) is 0 Å². The fourth-order valence-electron chi connectivity index (χ4n) is 3.93. The first-order valence-electron chi connectivity index (χ1n) is 8.79. The van der Waals surface area contributed by atoms with E-state index in [1.54, 1.807) is 7.11 Å². The largest absolute Gasteiger partial charge is 0.380 e. The highest BCUT2D eigenvalue weighted by atomic mass is 16.5. The van der Waals surface area contributed by atoms with Gasteiger partial charge in [0.05, 0.1) is 12.7 Å². The first-order valence-corrected chi connectivity index (χ1v) is 8.79. The lowest BCUT2D eigenvalue weighted by Gasteiger charge is -2.35. The summed E-state index contributed by atoms with van der Waals surface area (Å²) in [5.41, 5.74) is 0. The smallest absolute Gasteiger partial charge is 0.248 e. The van der Waals surface area contributed by atoms with Crippen molar-refractivity contribution in [3.8, 4) is 0 Å². The monoisotopic (exact) mass is 310 g/mol. The molecule has 3 atom stereocenters. The Labute approximate surface area is 133 Å². The number of methoxy groups -OCH3 is 1. The number of likely N-dealkylation sites (N-methyl/N-ethyl adjacent to an activating group) is 1. The number of carbonyl (C=O) groups excluding carboxylic acids is 1. The van der Waals surface area contributed by atoms with Gasteiger partial charge >= 0.3 is 0 Å². The number of rotatable bonds is 7. The predicted octanol–water partition coefficient (Wildman–Crippen LogP) is 1.51. The number of ether oxygens (including phenoxy) is 2. The molecule has 0 aromatic heterocycles. The van der Waals surface area contributed by atoms with E-state index < -0.39 is 0 Å². The Morgan fingerprint density at radius 3 is 2.73 bits per heavy atom. The van der Waals surface area contributed by atoms with Crippen molar-refractivity contribution >= 4 is 5.91 Å². The van der Waals surface area contributed by atoms with E-state index in [-0.39, 0.29) is 12.5 Å². The lowest BCUT2D eigenvalue weighted by molar-refractivity contribution is -0.138. The molecule has 0 bridgehead atoms. The fourth-order valence-corrected chi connectivity index (χ4v) is 3.93. The Morgan fingerprint density at radius 1 is 1.23 bits per heavy atom. The average molecular weight is 310 g/mol. The Hall–Kier alpha value is -0.650. The molecule has 3 rings (SSSR count). The first-order chi connectivity index (χ1) is 10.7. The summed E-state index contributed by atoms with van der Waals surface area (Å²) in [6.07, 6.45) is 7.54. The predicted molar refractivity (Wildman–Crippen MR) is 84.7 cm³/mol. The van der Waals surface area contributed by atoms with Gasteiger partial charge in [0.1, 0.15) is 6.61 Å². The molecule has 0 aromatic carbocycles. The molecule has 1 heterocycles. The van der Waals surface area contributed by atoms with Gasteiger partial charge < -0.3 is 14.4 Å². The highest BCUT2D eigenvalue weighted by Gasteiger charge is 2.39. The maximum atomic E-state index is 12.4. The third-order valence-electron chi connectivity index (χ3n) is 5.59. The van der Waals surface area contributed by atoms with Crippen molar-refractivity contribution in [3.05, 3.63) is 0 Å². The van der Waals surface area contributed by atoms with Crippen LogP contribution in [0.3, 0.4) is 0 Å². The van der Waals surface area contributed by atoms with Gasteiger partial charge in [0.15, 0.2) is 0 Å². The van der Waals surface area contributed by atoms with Crippen LogP contribution in [0.15, 0.2) is 0 Å². The highest BCUT2D eigenvalue weighted by Crippen LogP contribution is 2.31. The first kappa shape index (κ1) is 16.2. The molecule has 2 saturated carbocycles. The van der Waals surface area contributed by atoms with Gasteiger partial charge in [0.25, 0.3) is 0 Å². The molecule has 5 nitrogen and oxygen atoms in total. The molecular weight excluding hydrogens is 280 g/mol. The summed E-state index contributed by atoms with van der Waals surface area (Å²) in [5.74, 6) is 0.855. The molecule has 126 valence electrons. The highest BCUT2D eigenvalue weighted by molar-refractivity contribution is 5.77. The molecule has 22 heavy (non-hydrogen) atoms. The van der Waals surface area contributed by atoms with Gasteiger partial charge in [-0.3, -0.25) is 9.69 Å². The van der Waals surface area contributed by atoms with Gasteiger partial charge in [-0.25, -0.2) is 0 Å². The zero-order valence-electron chi connectivity index (χ0n) is 14.0. The van der Waals surface area contributed by atoms with Crippen molar-refractivity contribution in [2.75, 3.05) is 40.5 Å². The summed E-state index contributed by atoms with van der Waals surface area (Å²) in [6, 6.07) is 0.838. The van der Waals surface area contributed by atoms with Crippen molar-refractivity contribution in [2.45, 2.75) is 56.7 Å². The van der Waals surface area contributed by atoms with Crippen LogP contribution in [0.2, 0.25) is 0 Å². The second-order valence-corrected chi connectivity index (χ2v) is 7.17. The molecule has 0 aromatic rings. The van der Waals surface area contributed by atoms with Crippen LogP contribution in [0, 0.1) is 5.92 Å². The lowest BCUT2D eigenvalue weighted by atomic mass is 10.1. The third kappa shape index (κ3) is 3.81. The fraction of sp³-hybridized carbons (Fsp3) is 0.941. The van der Waals surface area contributed by atoms with E-state index in [0.29, 0.717) is 24.1 Å². The second-order valence-electron chi connectivity index (χ2n) is 7.17. The van der Waals surface area contributed by atoms with E-state index in [4.69, 9.17) is 9.47 Å². The van der Waals surface area contributed by atoms with Crippen LogP contribution in [-0.4, -0.2) is 74.4 Å². The summed E-state index contributed by atoms with van der Waals surface area (Å²) in [7, 11) is 3.75. The van der Waals surface area contributed by atoms with Crippen molar-refractivity contribution in [1.82, 2.24) is 9.80 Å². The summed E-state index contributed by atoms with van der Waals surface area (Å²) in [5, 5.41) is 0. The minimum absolute atomic E-state index is 0.139. The zero-order valence-corrected chi connectivity index (χ0v) is 14.0. The number of hydrogen-bond acceptors (Lipinski definition) is 4. The molecule has 1 saturated heterocycles. The van der Waals surface area contributed by atoms with Crippen LogP contribution < -0.4 is 0 Å². The molecule has 0 N–H and O–H groups in total. The third-order valence-corrected chi connectivity index (χ3v) is 5.59. The Kier molecular flexibility index (Phi) is 5.37. The number of likely N-dealkylation sites (tertiary alicyclic amines) is 1. The Morgan fingerprint density at radius 2 is 2.05 bits per heavy atom. The van der Waals surface area contributed by atoms with E-state index in [9.17, 15) is 4.79 Å². The van der Waals surface area contributed by atoms with Gasteiger partial charge in [0.2, 0.25) is 5.91 Å². The lowest BCUT2D eigenvalue weighted by Crippen LogP contribution is -2.49. The zero-order chi connectivity index (χ0) is 15.5. The van der Waals surface area contributed by atoms with E-state index in [1.807, 2.05) is 11.9 Å². The number of nitrogens with zero attached hydrogens (tertiary/aromatic N) is 2. The molecule has 0 spiro atoms. The molecule has 2 aliphatic carbocycles. The number of carbonyl (C=O) groups is 1. The molecule has 3 aliphatic rings. The van der Waals surface area contributed by atoms with Gasteiger partial charge in [-0.1, -0.05) is 0 Å². The van der Waals surface area contributed by atoms with E-state index in [2.05, 4.69) is 4.90 Å².